The first kappa shape index (κ1) is 20.7. The average Bonchev–Trinajstić information content (AvgIpc) is 3.22. The zero-order chi connectivity index (χ0) is 21.8. The van der Waals surface area contributed by atoms with Gasteiger partial charge in [0.2, 0.25) is 5.65 Å². The van der Waals surface area contributed by atoms with Crippen LogP contribution in [0.25, 0.3) is 11.3 Å². The van der Waals surface area contributed by atoms with Crippen LogP contribution in [0.15, 0.2) is 70.9 Å². The van der Waals surface area contributed by atoms with Crippen molar-refractivity contribution in [1.82, 2.24) is 19.2 Å². The number of carbonyl (C=O) groups excluding carboxylic acids is 1. The van der Waals surface area contributed by atoms with Crippen LogP contribution in [0.1, 0.15) is 17.3 Å². The highest BCUT2D eigenvalue weighted by Crippen LogP contribution is 2.20. The number of fused-ring (bicyclic) bond motifs is 1. The van der Waals surface area contributed by atoms with Gasteiger partial charge in [0, 0.05) is 24.0 Å². The molecule has 0 aliphatic rings. The summed E-state index contributed by atoms with van der Waals surface area (Å²) >= 11 is 1.23. The Morgan fingerprint density at radius 1 is 1.06 bits per heavy atom. The number of aromatic nitrogens is 4. The van der Waals surface area contributed by atoms with Gasteiger partial charge in [-0.25, -0.2) is 0 Å². The molecule has 0 N–H and O–H groups in total. The molecule has 2 aromatic heterocycles. The van der Waals surface area contributed by atoms with Crippen molar-refractivity contribution >= 4 is 23.2 Å². The molecule has 0 aliphatic heterocycles. The summed E-state index contributed by atoms with van der Waals surface area (Å²) in [5, 5.41) is 8.60. The van der Waals surface area contributed by atoms with E-state index in [9.17, 15) is 9.59 Å². The second-order valence-corrected chi connectivity index (χ2v) is 7.46. The van der Waals surface area contributed by atoms with Crippen LogP contribution in [0.4, 0.5) is 0 Å². The molecule has 0 aliphatic carbocycles. The smallest absolute Gasteiger partial charge is 0.300 e. The maximum atomic E-state index is 12.9. The van der Waals surface area contributed by atoms with Crippen LogP contribution in [0, 0.1) is 0 Å². The SMILES string of the molecule is CCOc1ccc(C(=O)CSc2nnc3c(=O)n(-c4cccc(OC)c4)ccn23)cc1. The van der Waals surface area contributed by atoms with E-state index in [1.807, 2.05) is 19.1 Å². The monoisotopic (exact) mass is 436 g/mol. The van der Waals surface area contributed by atoms with E-state index in [-0.39, 0.29) is 22.7 Å². The molecule has 158 valence electrons. The summed E-state index contributed by atoms with van der Waals surface area (Å²) in [4.78, 5) is 25.4. The van der Waals surface area contributed by atoms with Gasteiger partial charge in [-0.15, -0.1) is 10.2 Å². The molecule has 8 nitrogen and oxygen atoms in total. The van der Waals surface area contributed by atoms with Crippen molar-refractivity contribution in [2.75, 3.05) is 19.5 Å². The Morgan fingerprint density at radius 2 is 1.87 bits per heavy atom. The summed E-state index contributed by atoms with van der Waals surface area (Å²) in [7, 11) is 1.57. The second kappa shape index (κ2) is 9.05. The van der Waals surface area contributed by atoms with Crippen LogP contribution in [-0.2, 0) is 0 Å². The number of ketones is 1. The van der Waals surface area contributed by atoms with Gasteiger partial charge in [-0.05, 0) is 43.3 Å². The van der Waals surface area contributed by atoms with Crippen molar-refractivity contribution in [3.63, 3.8) is 0 Å². The summed E-state index contributed by atoms with van der Waals surface area (Å²) < 4.78 is 13.7. The predicted octanol–water partition coefficient (Wildman–Crippen LogP) is 3.26. The topological polar surface area (TPSA) is 87.7 Å². The lowest BCUT2D eigenvalue weighted by Crippen LogP contribution is -2.20. The molecule has 2 aromatic carbocycles. The van der Waals surface area contributed by atoms with E-state index in [1.54, 1.807) is 60.3 Å². The van der Waals surface area contributed by atoms with Crippen molar-refractivity contribution in [3.05, 3.63) is 76.8 Å². The number of rotatable bonds is 8. The third kappa shape index (κ3) is 4.31. The zero-order valence-electron chi connectivity index (χ0n) is 17.0. The molecular weight excluding hydrogens is 416 g/mol. The highest BCUT2D eigenvalue weighted by atomic mass is 32.2. The van der Waals surface area contributed by atoms with E-state index >= 15 is 0 Å². The van der Waals surface area contributed by atoms with Crippen LogP contribution < -0.4 is 15.0 Å². The lowest BCUT2D eigenvalue weighted by Gasteiger charge is -2.08. The minimum atomic E-state index is -0.312. The standard InChI is InChI=1S/C22H20N4O4S/c1-3-30-17-9-7-15(8-10-17)19(27)14-31-22-24-23-20-21(28)25(11-12-26(20)22)16-5-4-6-18(13-16)29-2/h4-13H,3,14H2,1-2H3. The van der Waals surface area contributed by atoms with Gasteiger partial charge in [0.15, 0.2) is 10.9 Å². The van der Waals surface area contributed by atoms with Crippen molar-refractivity contribution in [2.24, 2.45) is 0 Å². The molecule has 4 rings (SSSR count). The largest absolute Gasteiger partial charge is 0.497 e. The van der Waals surface area contributed by atoms with Crippen molar-refractivity contribution in [3.8, 4) is 17.2 Å². The van der Waals surface area contributed by atoms with Gasteiger partial charge in [0.25, 0.3) is 0 Å². The summed E-state index contributed by atoms with van der Waals surface area (Å²) in [6.07, 6.45) is 3.35. The third-order valence-electron chi connectivity index (χ3n) is 4.59. The van der Waals surface area contributed by atoms with Gasteiger partial charge in [-0.2, -0.15) is 0 Å². The molecule has 0 atom stereocenters. The highest BCUT2D eigenvalue weighted by Gasteiger charge is 2.14. The molecule has 4 aromatic rings. The molecule has 0 radical (unpaired) electrons. The average molecular weight is 436 g/mol. The fraction of sp³-hybridized carbons (Fsp3) is 0.182. The van der Waals surface area contributed by atoms with E-state index in [2.05, 4.69) is 10.2 Å². The van der Waals surface area contributed by atoms with Crippen molar-refractivity contribution < 1.29 is 14.3 Å². The number of thioether (sulfide) groups is 1. The Bertz CT molecular complexity index is 1280. The van der Waals surface area contributed by atoms with E-state index in [1.165, 1.54) is 16.3 Å². The number of ether oxygens (including phenoxy) is 2. The fourth-order valence-electron chi connectivity index (χ4n) is 3.05. The number of benzene rings is 2. The quantitative estimate of drug-likeness (QED) is 0.309. The first-order valence-corrected chi connectivity index (χ1v) is 10.6. The Morgan fingerprint density at radius 3 is 2.61 bits per heavy atom. The Kier molecular flexibility index (Phi) is 6.03. The van der Waals surface area contributed by atoms with Gasteiger partial charge in [-0.3, -0.25) is 18.6 Å². The van der Waals surface area contributed by atoms with Gasteiger partial charge >= 0.3 is 5.56 Å². The summed E-state index contributed by atoms with van der Waals surface area (Å²) in [5.41, 5.74) is 1.12. The molecule has 0 bridgehead atoms. The predicted molar refractivity (Wildman–Crippen MR) is 118 cm³/mol. The lowest BCUT2D eigenvalue weighted by molar-refractivity contribution is 0.102. The van der Waals surface area contributed by atoms with E-state index < -0.39 is 0 Å². The number of carbonyl (C=O) groups is 1. The Balaban J connectivity index is 1.53. The molecule has 0 unspecified atom stereocenters. The molecule has 9 heteroatoms. The molecule has 2 heterocycles. The lowest BCUT2D eigenvalue weighted by atomic mass is 10.1. The molecule has 0 saturated carbocycles. The number of hydrogen-bond acceptors (Lipinski definition) is 7. The summed E-state index contributed by atoms with van der Waals surface area (Å²) in [6, 6.07) is 14.2. The first-order valence-electron chi connectivity index (χ1n) is 9.60. The number of hydrogen-bond donors (Lipinski definition) is 0. The van der Waals surface area contributed by atoms with Crippen LogP contribution in [0.2, 0.25) is 0 Å². The van der Waals surface area contributed by atoms with Gasteiger partial charge < -0.3 is 9.47 Å². The van der Waals surface area contributed by atoms with E-state index in [4.69, 9.17) is 9.47 Å². The third-order valence-corrected chi connectivity index (χ3v) is 5.53. The van der Waals surface area contributed by atoms with Crippen LogP contribution in [0.5, 0.6) is 11.5 Å². The maximum absolute atomic E-state index is 12.9. The van der Waals surface area contributed by atoms with Crippen molar-refractivity contribution in [1.29, 1.82) is 0 Å². The minimum Gasteiger partial charge on any atom is -0.497 e. The van der Waals surface area contributed by atoms with Crippen LogP contribution in [-0.4, -0.2) is 44.4 Å². The maximum Gasteiger partial charge on any atom is 0.300 e. The molecule has 0 fully saturated rings. The number of Topliss-reactive ketones (excluding diaryl/α,β-unsaturated/α-hetero) is 1. The van der Waals surface area contributed by atoms with Gasteiger partial charge in [-0.1, -0.05) is 17.8 Å². The first-order chi connectivity index (χ1) is 15.1. The molecule has 31 heavy (non-hydrogen) atoms. The number of nitrogens with zero attached hydrogens (tertiary/aromatic N) is 4. The van der Waals surface area contributed by atoms with Crippen molar-refractivity contribution in [2.45, 2.75) is 12.1 Å². The normalized spacial score (nSPS) is 10.9. The second-order valence-electron chi connectivity index (χ2n) is 6.52. The minimum absolute atomic E-state index is 0.0467. The van der Waals surface area contributed by atoms with E-state index in [0.717, 1.165) is 5.75 Å². The Labute approximate surface area is 182 Å². The summed E-state index contributed by atoms with van der Waals surface area (Å²) in [5.74, 6) is 1.50. The van der Waals surface area contributed by atoms with Crippen LogP contribution >= 0.6 is 11.8 Å². The zero-order valence-corrected chi connectivity index (χ0v) is 17.8. The Hall–Kier alpha value is -3.59. The van der Waals surface area contributed by atoms with E-state index in [0.29, 0.717) is 28.8 Å². The fourth-order valence-corrected chi connectivity index (χ4v) is 3.86. The highest BCUT2D eigenvalue weighted by molar-refractivity contribution is 7.99. The molecule has 0 amide bonds. The van der Waals surface area contributed by atoms with Crippen LogP contribution in [0.3, 0.4) is 0 Å². The number of methoxy groups -OCH3 is 1. The molecule has 0 spiro atoms. The molecule has 0 saturated heterocycles. The molecular formula is C22H20N4O4S. The van der Waals surface area contributed by atoms with Gasteiger partial charge in [0.1, 0.15) is 11.5 Å². The van der Waals surface area contributed by atoms with Gasteiger partial charge in [0.05, 0.1) is 25.2 Å². The summed E-state index contributed by atoms with van der Waals surface area (Å²) in [6.45, 7) is 2.48.